The van der Waals surface area contributed by atoms with E-state index in [2.05, 4.69) is 11.5 Å². The lowest BCUT2D eigenvalue weighted by Crippen LogP contribution is -2.80. The molecule has 1 unspecified atom stereocenters. The van der Waals surface area contributed by atoms with Gasteiger partial charge in [-0.05, 0) is 0 Å². The Kier molecular flexibility index (Phi) is 4.26. The second-order valence-corrected chi connectivity index (χ2v) is 2.97. The number of hydrogen-bond donors (Lipinski definition) is 2. The van der Waals surface area contributed by atoms with Gasteiger partial charge in [0.05, 0.1) is 6.54 Å². The Morgan fingerprint density at radius 3 is 2.33 bits per heavy atom. The molecule has 0 aliphatic rings. The predicted octanol–water partition coefficient (Wildman–Crippen LogP) is -1.16. The highest BCUT2D eigenvalue weighted by Crippen LogP contribution is 2.17. The molecule has 1 atom stereocenters. The summed E-state index contributed by atoms with van der Waals surface area (Å²) in [5.74, 6) is -0.550. The van der Waals surface area contributed by atoms with Crippen molar-refractivity contribution in [1.82, 2.24) is 0 Å². The third kappa shape index (κ3) is 2.49. The molecule has 0 saturated carbocycles. The Morgan fingerprint density at radius 1 is 1.58 bits per heavy atom. The normalized spacial score (nSPS) is 16.2. The van der Waals surface area contributed by atoms with Crippen molar-refractivity contribution in [3.05, 3.63) is 0 Å². The molecule has 12 heavy (non-hydrogen) atoms. The summed E-state index contributed by atoms with van der Waals surface area (Å²) in [4.78, 5) is 10.9. The molecule has 0 saturated heterocycles. The topological polar surface area (TPSA) is 72.3 Å². The van der Waals surface area contributed by atoms with Crippen LogP contribution in [0.3, 0.4) is 0 Å². The number of Topliss-reactive ketones (excluding diaryl/α,β-unsaturated/α-hetero) is 1. The number of alkyl halides is 2. The van der Waals surface area contributed by atoms with Gasteiger partial charge in [0, 0.05) is 19.8 Å². The van der Waals surface area contributed by atoms with Gasteiger partial charge in [0.1, 0.15) is 0 Å². The quantitative estimate of drug-likeness (QED) is 0.553. The highest BCUT2D eigenvalue weighted by atomic mass is 19.3. The largest absolute Gasteiger partial charge is 0.358 e. The van der Waals surface area contributed by atoms with Crippen molar-refractivity contribution in [2.24, 2.45) is 0 Å². The van der Waals surface area contributed by atoms with Gasteiger partial charge in [0.25, 0.3) is 6.43 Å². The lowest BCUT2D eigenvalue weighted by molar-refractivity contribution is -0.484. The first-order valence-corrected chi connectivity index (χ1v) is 3.89. The fourth-order valence-corrected chi connectivity index (χ4v) is 0.879. The van der Waals surface area contributed by atoms with Gasteiger partial charge in [0.15, 0.2) is 5.78 Å². The summed E-state index contributed by atoms with van der Waals surface area (Å²) < 4.78 is 24.7. The number of carbonyl (C=O) groups excluding carboxylic acids is 1. The average Bonchev–Trinajstić information content (AvgIpc) is 1.99. The van der Waals surface area contributed by atoms with E-state index in [4.69, 9.17) is 0 Å². The molecule has 0 aliphatic heterocycles. The molecule has 0 spiro atoms. The van der Waals surface area contributed by atoms with E-state index in [1.54, 1.807) is 0 Å². The molecule has 0 radical (unpaired) electrons. The molecule has 0 fully saturated rings. The maximum atomic E-state index is 12.4. The first-order valence-electron chi connectivity index (χ1n) is 3.89. The van der Waals surface area contributed by atoms with Crippen LogP contribution in [0.5, 0.6) is 0 Å². The van der Waals surface area contributed by atoms with E-state index in [1.807, 2.05) is 0 Å². The minimum Gasteiger partial charge on any atom is -0.358 e. The van der Waals surface area contributed by atoms with Crippen LogP contribution in [0.15, 0.2) is 0 Å². The standard InChI is InChI=1S/C7H14F2N2O/c1-5(12)7(11,6(8)9)3-2-4-10/h6H,2-4,10-11H2,1H3/p+2. The molecule has 5 heteroatoms. The zero-order valence-corrected chi connectivity index (χ0v) is 7.28. The highest BCUT2D eigenvalue weighted by Gasteiger charge is 2.44. The minimum absolute atomic E-state index is 0.115. The van der Waals surface area contributed by atoms with E-state index < -0.39 is 17.7 Å². The van der Waals surface area contributed by atoms with E-state index in [-0.39, 0.29) is 6.42 Å². The zero-order chi connectivity index (χ0) is 9.78. The van der Waals surface area contributed by atoms with Crippen LogP contribution in [-0.2, 0) is 4.79 Å². The molecule has 0 aliphatic carbocycles. The second-order valence-electron chi connectivity index (χ2n) is 2.97. The Labute approximate surface area is 70.1 Å². The zero-order valence-electron chi connectivity index (χ0n) is 7.28. The maximum absolute atomic E-state index is 12.4. The van der Waals surface area contributed by atoms with E-state index >= 15 is 0 Å². The molecular formula is C7H16F2N2O+2. The number of ketones is 1. The van der Waals surface area contributed by atoms with E-state index in [1.165, 1.54) is 0 Å². The van der Waals surface area contributed by atoms with Crippen molar-refractivity contribution in [3.63, 3.8) is 0 Å². The molecule has 0 bridgehead atoms. The van der Waals surface area contributed by atoms with Crippen LogP contribution in [0.4, 0.5) is 8.78 Å². The molecule has 0 aromatic heterocycles. The summed E-state index contributed by atoms with van der Waals surface area (Å²) in [7, 11) is 0. The van der Waals surface area contributed by atoms with E-state index in [9.17, 15) is 13.6 Å². The van der Waals surface area contributed by atoms with E-state index in [0.717, 1.165) is 6.92 Å². The Balaban J connectivity index is 4.29. The Bertz CT molecular complexity index is 163. The minimum atomic E-state index is -2.68. The van der Waals surface area contributed by atoms with E-state index in [0.29, 0.717) is 13.0 Å². The molecule has 0 aromatic rings. The van der Waals surface area contributed by atoms with Crippen LogP contribution < -0.4 is 11.5 Å². The number of hydrogen-bond acceptors (Lipinski definition) is 1. The maximum Gasteiger partial charge on any atom is 0.299 e. The molecule has 6 N–H and O–H groups in total. The van der Waals surface area contributed by atoms with Gasteiger partial charge in [-0.2, -0.15) is 0 Å². The van der Waals surface area contributed by atoms with Crippen LogP contribution in [-0.4, -0.2) is 24.3 Å². The van der Waals surface area contributed by atoms with Gasteiger partial charge in [0.2, 0.25) is 5.54 Å². The molecule has 0 rings (SSSR count). The lowest BCUT2D eigenvalue weighted by atomic mass is 9.91. The van der Waals surface area contributed by atoms with Gasteiger partial charge in [-0.1, -0.05) is 0 Å². The average molecular weight is 182 g/mol. The van der Waals surface area contributed by atoms with Gasteiger partial charge in [-0.25, -0.2) is 8.78 Å². The fourth-order valence-electron chi connectivity index (χ4n) is 0.879. The summed E-state index contributed by atoms with van der Waals surface area (Å²) in [5.41, 5.74) is 5.09. The van der Waals surface area contributed by atoms with Crippen LogP contribution in [0.25, 0.3) is 0 Å². The summed E-state index contributed by atoms with van der Waals surface area (Å²) in [6, 6.07) is 0. The van der Waals surface area contributed by atoms with Crippen molar-refractivity contribution in [2.75, 3.05) is 6.54 Å². The van der Waals surface area contributed by atoms with Gasteiger partial charge >= 0.3 is 0 Å². The van der Waals surface area contributed by atoms with Crippen molar-refractivity contribution in [1.29, 1.82) is 0 Å². The van der Waals surface area contributed by atoms with Crippen LogP contribution in [0.2, 0.25) is 0 Å². The number of carbonyl (C=O) groups is 1. The van der Waals surface area contributed by atoms with Crippen molar-refractivity contribution < 1.29 is 25.0 Å². The molecule has 0 heterocycles. The van der Waals surface area contributed by atoms with Gasteiger partial charge in [-0.3, -0.25) is 4.79 Å². The first kappa shape index (κ1) is 11.4. The van der Waals surface area contributed by atoms with Gasteiger partial charge < -0.3 is 11.5 Å². The van der Waals surface area contributed by atoms with Crippen LogP contribution >= 0.6 is 0 Å². The lowest BCUT2D eigenvalue weighted by Gasteiger charge is -2.20. The van der Waals surface area contributed by atoms with Crippen LogP contribution in [0.1, 0.15) is 19.8 Å². The second kappa shape index (κ2) is 4.47. The van der Waals surface area contributed by atoms with Gasteiger partial charge in [-0.15, -0.1) is 0 Å². The smallest absolute Gasteiger partial charge is 0.299 e. The molecule has 0 amide bonds. The summed E-state index contributed by atoms with van der Waals surface area (Å²) in [6.07, 6.45) is -2.06. The Morgan fingerprint density at radius 2 is 2.08 bits per heavy atom. The monoisotopic (exact) mass is 182 g/mol. The fraction of sp³-hybridized carbons (Fsp3) is 0.857. The third-order valence-corrected chi connectivity index (χ3v) is 1.99. The Hall–Kier alpha value is -0.550. The molecule has 3 nitrogen and oxygen atoms in total. The van der Waals surface area contributed by atoms with Crippen molar-refractivity contribution in [3.8, 4) is 0 Å². The summed E-state index contributed by atoms with van der Waals surface area (Å²) in [6.45, 7) is 1.71. The van der Waals surface area contributed by atoms with Crippen molar-refractivity contribution >= 4 is 5.78 Å². The SMILES string of the molecule is CC(=O)C([NH3+])(CCC[NH3+])C(F)F. The third-order valence-electron chi connectivity index (χ3n) is 1.99. The van der Waals surface area contributed by atoms with Crippen molar-refractivity contribution in [2.45, 2.75) is 31.7 Å². The molecule has 72 valence electrons. The first-order chi connectivity index (χ1) is 5.45. The summed E-state index contributed by atoms with van der Waals surface area (Å²) in [5, 5.41) is 0. The molecule has 0 aromatic carbocycles. The summed E-state index contributed by atoms with van der Waals surface area (Å²) >= 11 is 0. The number of rotatable bonds is 5. The number of halogens is 2. The van der Waals surface area contributed by atoms with Crippen LogP contribution in [0, 0.1) is 0 Å². The number of quaternary nitrogens is 2. The highest BCUT2D eigenvalue weighted by molar-refractivity contribution is 5.84. The predicted molar refractivity (Wildman–Crippen MR) is 39.3 cm³/mol. The molecular weight excluding hydrogens is 166 g/mol.